The van der Waals surface area contributed by atoms with Crippen LogP contribution in [0.25, 0.3) is 11.1 Å². The van der Waals surface area contributed by atoms with Gasteiger partial charge in [0.25, 0.3) is 0 Å². The molecule has 2 aromatic rings. The molecule has 0 saturated carbocycles. The van der Waals surface area contributed by atoms with E-state index >= 15 is 0 Å². The number of Topliss-reactive ketones (excluding diaryl/α,β-unsaturated/α-hetero) is 1. The van der Waals surface area contributed by atoms with E-state index in [4.69, 9.17) is 37.9 Å². The normalized spacial score (nSPS) is 20.3. The summed E-state index contributed by atoms with van der Waals surface area (Å²) in [6.45, 7) is 1.11. The maximum atomic E-state index is 13.3. The van der Waals surface area contributed by atoms with Crippen molar-refractivity contribution in [1.29, 1.82) is 5.26 Å². The summed E-state index contributed by atoms with van der Waals surface area (Å²) in [4.78, 5) is 13.3. The number of carbonyl (C=O) groups excluding carboxylic acids is 1. The summed E-state index contributed by atoms with van der Waals surface area (Å²) in [5, 5.41) is 10.00. The highest BCUT2D eigenvalue weighted by Crippen LogP contribution is 2.45. The molecular formula is C22H19Cl2NO3. The van der Waals surface area contributed by atoms with Crippen LogP contribution in [0.2, 0.25) is 10.0 Å². The van der Waals surface area contributed by atoms with E-state index in [-0.39, 0.29) is 11.7 Å². The van der Waals surface area contributed by atoms with Gasteiger partial charge < -0.3 is 9.47 Å². The molecule has 0 N–H and O–H groups in total. The highest BCUT2D eigenvalue weighted by atomic mass is 35.5. The number of nitrogens with zero attached hydrogens (tertiary/aromatic N) is 1. The molecule has 2 aromatic carbocycles. The molecule has 1 unspecified atom stereocenters. The number of halogens is 2. The smallest absolute Gasteiger partial charge is 0.173 e. The van der Waals surface area contributed by atoms with Gasteiger partial charge in [0.2, 0.25) is 0 Å². The Hall–Kier alpha value is -2.06. The van der Waals surface area contributed by atoms with Crippen LogP contribution < -0.4 is 4.74 Å². The predicted molar refractivity (Wildman–Crippen MR) is 108 cm³/mol. The van der Waals surface area contributed by atoms with E-state index in [1.807, 2.05) is 18.2 Å². The number of ketones is 1. The Bertz CT molecular complexity index is 961. The fraction of sp³-hybridized carbons (Fsp3) is 0.364. The van der Waals surface area contributed by atoms with Gasteiger partial charge in [-0.3, -0.25) is 4.79 Å². The number of hydrogen-bond acceptors (Lipinski definition) is 4. The van der Waals surface area contributed by atoms with Gasteiger partial charge in [0.05, 0.1) is 40.8 Å². The fourth-order valence-corrected chi connectivity index (χ4v) is 4.45. The van der Waals surface area contributed by atoms with Gasteiger partial charge in [-0.25, -0.2) is 0 Å². The largest absolute Gasteiger partial charge is 0.486 e. The minimum Gasteiger partial charge on any atom is -0.486 e. The highest BCUT2D eigenvalue weighted by Gasteiger charge is 2.50. The van der Waals surface area contributed by atoms with E-state index in [2.05, 4.69) is 6.07 Å². The zero-order valence-corrected chi connectivity index (χ0v) is 16.7. The zero-order valence-electron chi connectivity index (χ0n) is 15.2. The van der Waals surface area contributed by atoms with Gasteiger partial charge in [0, 0.05) is 19.3 Å². The van der Waals surface area contributed by atoms with E-state index in [0.717, 1.165) is 11.1 Å². The maximum absolute atomic E-state index is 13.3. The molecule has 4 nitrogen and oxygen atoms in total. The molecule has 4 rings (SSSR count). The van der Waals surface area contributed by atoms with E-state index < -0.39 is 5.60 Å². The summed E-state index contributed by atoms with van der Waals surface area (Å²) in [6, 6.07) is 13.2. The molecule has 0 radical (unpaired) electrons. The first-order chi connectivity index (χ1) is 13.5. The van der Waals surface area contributed by atoms with E-state index in [1.54, 1.807) is 18.2 Å². The summed E-state index contributed by atoms with van der Waals surface area (Å²) < 4.78 is 12.0. The summed E-state index contributed by atoms with van der Waals surface area (Å²) in [6.07, 6.45) is 2.12. The molecule has 0 aromatic heterocycles. The van der Waals surface area contributed by atoms with Crippen molar-refractivity contribution in [2.45, 2.75) is 31.3 Å². The first-order valence-electron chi connectivity index (χ1n) is 9.31. The second-order valence-electron chi connectivity index (χ2n) is 7.23. The van der Waals surface area contributed by atoms with Gasteiger partial charge in [-0.05, 0) is 41.8 Å². The van der Waals surface area contributed by atoms with Gasteiger partial charge >= 0.3 is 0 Å². The molecule has 28 heavy (non-hydrogen) atoms. The zero-order chi connectivity index (χ0) is 19.7. The van der Waals surface area contributed by atoms with Crippen LogP contribution in [0.4, 0.5) is 0 Å². The van der Waals surface area contributed by atoms with Crippen LogP contribution in [0, 0.1) is 17.2 Å². The second-order valence-corrected chi connectivity index (χ2v) is 8.05. The lowest BCUT2D eigenvalue weighted by molar-refractivity contribution is -0.0790. The first-order valence-corrected chi connectivity index (χ1v) is 10.1. The molecular weight excluding hydrogens is 397 g/mol. The topological polar surface area (TPSA) is 59.3 Å². The average Bonchev–Trinajstić information content (AvgIpc) is 2.70. The maximum Gasteiger partial charge on any atom is 0.173 e. The summed E-state index contributed by atoms with van der Waals surface area (Å²) in [5.74, 6) is 0.321. The number of hydrogen-bond donors (Lipinski definition) is 0. The Morgan fingerprint density at radius 3 is 2.50 bits per heavy atom. The summed E-state index contributed by atoms with van der Waals surface area (Å²) in [5.41, 5.74) is 1.78. The number of ether oxygens (including phenoxy) is 2. The number of fused-ring (bicyclic) bond motifs is 1. The number of rotatable bonds is 3. The Kier molecular flexibility index (Phi) is 5.33. The van der Waals surface area contributed by atoms with Crippen molar-refractivity contribution in [1.82, 2.24) is 0 Å². The van der Waals surface area contributed by atoms with Gasteiger partial charge in [0.15, 0.2) is 5.78 Å². The Balaban J connectivity index is 1.74. The quantitative estimate of drug-likeness (QED) is 0.644. The minimum absolute atomic E-state index is 0.0547. The predicted octanol–water partition coefficient (Wildman–Crippen LogP) is 5.70. The van der Waals surface area contributed by atoms with Crippen molar-refractivity contribution >= 4 is 29.0 Å². The molecule has 0 bridgehead atoms. The van der Waals surface area contributed by atoms with E-state index in [1.165, 1.54) is 0 Å². The molecule has 6 heteroatoms. The fourth-order valence-electron chi connectivity index (χ4n) is 4.15. The monoisotopic (exact) mass is 415 g/mol. The molecule has 2 heterocycles. The Morgan fingerprint density at radius 1 is 1.07 bits per heavy atom. The minimum atomic E-state index is -0.602. The van der Waals surface area contributed by atoms with Gasteiger partial charge in [-0.15, -0.1) is 0 Å². The molecule has 144 valence electrons. The van der Waals surface area contributed by atoms with Gasteiger partial charge in [0.1, 0.15) is 11.4 Å². The third-order valence-corrected chi connectivity index (χ3v) is 6.39. The van der Waals surface area contributed by atoms with Crippen molar-refractivity contribution in [3.63, 3.8) is 0 Å². The lowest BCUT2D eigenvalue weighted by Crippen LogP contribution is -2.53. The van der Waals surface area contributed by atoms with Crippen LogP contribution >= 0.6 is 23.2 Å². The highest BCUT2D eigenvalue weighted by molar-refractivity contribution is 6.42. The van der Waals surface area contributed by atoms with Crippen LogP contribution in [0.1, 0.15) is 36.0 Å². The molecule has 2 aliphatic heterocycles. The van der Waals surface area contributed by atoms with Crippen LogP contribution in [0.5, 0.6) is 5.75 Å². The van der Waals surface area contributed by atoms with Crippen molar-refractivity contribution in [3.05, 3.63) is 52.0 Å². The van der Waals surface area contributed by atoms with E-state index in [0.29, 0.717) is 60.3 Å². The average molecular weight is 416 g/mol. The molecule has 1 saturated heterocycles. The molecule has 1 atom stereocenters. The SMILES string of the molecule is N#CCCC1C(=O)c2ccc(-c3ccc(Cl)c(Cl)c3)cc2OC12CCOCC2. The van der Waals surface area contributed by atoms with Crippen molar-refractivity contribution in [2.75, 3.05) is 13.2 Å². The Labute approximate surface area is 174 Å². The lowest BCUT2D eigenvalue weighted by Gasteiger charge is -2.46. The Morgan fingerprint density at radius 2 is 1.79 bits per heavy atom. The summed E-state index contributed by atoms with van der Waals surface area (Å²) >= 11 is 12.2. The number of nitriles is 1. The number of carbonyl (C=O) groups is 1. The van der Waals surface area contributed by atoms with Crippen molar-refractivity contribution < 1.29 is 14.3 Å². The van der Waals surface area contributed by atoms with Gasteiger partial charge in [-0.1, -0.05) is 35.3 Å². The third kappa shape index (κ3) is 3.39. The first kappa shape index (κ1) is 19.3. The number of benzene rings is 2. The standard InChI is InChI=1S/C22H19Cl2NO3/c23-18-6-4-14(12-19(18)24)15-3-5-16-20(13-15)28-22(7-10-27-11-8-22)17(21(16)26)2-1-9-25/h3-6,12-13,17H,1-2,7-8,10-11H2. The molecule has 1 spiro atoms. The van der Waals surface area contributed by atoms with Crippen LogP contribution in [-0.2, 0) is 4.74 Å². The molecule has 0 aliphatic carbocycles. The van der Waals surface area contributed by atoms with Crippen LogP contribution in [-0.4, -0.2) is 24.6 Å². The molecule has 0 amide bonds. The van der Waals surface area contributed by atoms with Crippen molar-refractivity contribution in [3.8, 4) is 22.9 Å². The summed E-state index contributed by atoms with van der Waals surface area (Å²) in [7, 11) is 0. The second kappa shape index (κ2) is 7.75. The molecule has 1 fully saturated rings. The van der Waals surface area contributed by atoms with Crippen LogP contribution in [0.3, 0.4) is 0 Å². The lowest BCUT2D eigenvalue weighted by atomic mass is 9.72. The van der Waals surface area contributed by atoms with Gasteiger partial charge in [-0.2, -0.15) is 5.26 Å². The van der Waals surface area contributed by atoms with Crippen LogP contribution in [0.15, 0.2) is 36.4 Å². The van der Waals surface area contributed by atoms with Crippen molar-refractivity contribution in [2.24, 2.45) is 5.92 Å². The molecule has 2 aliphatic rings. The van der Waals surface area contributed by atoms with E-state index in [9.17, 15) is 4.79 Å². The third-order valence-electron chi connectivity index (χ3n) is 5.65.